The van der Waals surface area contributed by atoms with Crippen LogP contribution in [0, 0.1) is 17.8 Å². The van der Waals surface area contributed by atoms with Crippen LogP contribution in [0.4, 0.5) is 4.79 Å². The summed E-state index contributed by atoms with van der Waals surface area (Å²) in [6.45, 7) is 2.93. The maximum atomic E-state index is 12.8. The van der Waals surface area contributed by atoms with Crippen LogP contribution in [0.1, 0.15) is 36.8 Å². The number of carboxylic acids is 1. The molecular weight excluding hydrogens is 420 g/mol. The summed E-state index contributed by atoms with van der Waals surface area (Å²) in [7, 11) is 0. The third-order valence-corrected chi connectivity index (χ3v) is 7.45. The van der Waals surface area contributed by atoms with E-state index in [4.69, 9.17) is 4.74 Å². The van der Waals surface area contributed by atoms with E-state index >= 15 is 0 Å². The molecule has 33 heavy (non-hydrogen) atoms. The first-order valence-electron chi connectivity index (χ1n) is 11.6. The Kier molecular flexibility index (Phi) is 5.56. The SMILES string of the molecule is CC1C(C(=O)O)CCN1C(=O)C1CC1CNC(=O)OCC1c2ccccc2-c2ccccc21. The van der Waals surface area contributed by atoms with E-state index in [1.54, 1.807) is 11.8 Å². The number of rotatable bonds is 6. The van der Waals surface area contributed by atoms with Gasteiger partial charge in [-0.05, 0) is 47.9 Å². The molecule has 172 valence electrons. The number of alkyl carbamates (subject to hydrolysis) is 1. The van der Waals surface area contributed by atoms with Crippen LogP contribution in [0.25, 0.3) is 11.1 Å². The van der Waals surface area contributed by atoms with Gasteiger partial charge in [0.2, 0.25) is 5.91 Å². The number of nitrogens with one attached hydrogen (secondary N) is 1. The van der Waals surface area contributed by atoms with E-state index in [1.165, 1.54) is 22.3 Å². The zero-order valence-electron chi connectivity index (χ0n) is 18.6. The number of carbonyl (C=O) groups is 3. The molecule has 0 radical (unpaired) electrons. The summed E-state index contributed by atoms with van der Waals surface area (Å²) in [5, 5.41) is 12.1. The van der Waals surface area contributed by atoms with Crippen LogP contribution < -0.4 is 5.32 Å². The third-order valence-electron chi connectivity index (χ3n) is 7.45. The first-order chi connectivity index (χ1) is 16.0. The number of hydrogen-bond donors (Lipinski definition) is 2. The second kappa shape index (κ2) is 8.54. The number of nitrogens with zero attached hydrogens (tertiary/aromatic N) is 1. The van der Waals surface area contributed by atoms with Crippen molar-refractivity contribution in [3.63, 3.8) is 0 Å². The summed E-state index contributed by atoms with van der Waals surface area (Å²) in [5.74, 6) is -1.39. The molecule has 2 fully saturated rings. The maximum absolute atomic E-state index is 12.8. The fourth-order valence-electron chi connectivity index (χ4n) is 5.43. The molecule has 3 aliphatic rings. The number of benzene rings is 2. The van der Waals surface area contributed by atoms with Crippen LogP contribution in [0.5, 0.6) is 0 Å². The van der Waals surface area contributed by atoms with Gasteiger partial charge in [-0.3, -0.25) is 9.59 Å². The highest BCUT2D eigenvalue weighted by Gasteiger charge is 2.48. The topological polar surface area (TPSA) is 95.9 Å². The highest BCUT2D eigenvalue weighted by molar-refractivity contribution is 5.84. The van der Waals surface area contributed by atoms with Crippen molar-refractivity contribution in [3.05, 3.63) is 59.7 Å². The number of carbonyl (C=O) groups excluding carboxylic acids is 2. The molecule has 0 bridgehead atoms. The Hall–Kier alpha value is -3.35. The predicted molar refractivity (Wildman–Crippen MR) is 122 cm³/mol. The number of amides is 2. The van der Waals surface area contributed by atoms with Gasteiger partial charge in [0.25, 0.3) is 0 Å². The minimum Gasteiger partial charge on any atom is -0.481 e. The van der Waals surface area contributed by atoms with Crippen molar-refractivity contribution < 1.29 is 24.2 Å². The maximum Gasteiger partial charge on any atom is 0.407 e. The van der Waals surface area contributed by atoms with Gasteiger partial charge in [0, 0.05) is 31.0 Å². The molecule has 1 aliphatic heterocycles. The molecule has 7 nitrogen and oxygen atoms in total. The van der Waals surface area contributed by atoms with E-state index in [-0.39, 0.29) is 36.3 Å². The molecule has 2 aromatic rings. The Labute approximate surface area is 192 Å². The van der Waals surface area contributed by atoms with E-state index in [0.29, 0.717) is 25.9 Å². The van der Waals surface area contributed by atoms with E-state index in [0.717, 1.165) is 0 Å². The lowest BCUT2D eigenvalue weighted by Crippen LogP contribution is -2.39. The van der Waals surface area contributed by atoms with Crippen LogP contribution in [0.3, 0.4) is 0 Å². The molecule has 4 atom stereocenters. The van der Waals surface area contributed by atoms with Crippen molar-refractivity contribution in [3.8, 4) is 11.1 Å². The molecule has 5 rings (SSSR count). The normalized spacial score (nSPS) is 25.3. The average molecular weight is 449 g/mol. The van der Waals surface area contributed by atoms with Gasteiger partial charge in [-0.15, -0.1) is 0 Å². The van der Waals surface area contributed by atoms with Gasteiger partial charge < -0.3 is 20.1 Å². The molecule has 2 amide bonds. The molecule has 4 unspecified atom stereocenters. The lowest BCUT2D eigenvalue weighted by atomic mass is 9.98. The quantitative estimate of drug-likeness (QED) is 0.705. The van der Waals surface area contributed by atoms with Crippen LogP contribution in [0.2, 0.25) is 0 Å². The number of aliphatic carboxylic acids is 1. The standard InChI is InChI=1S/C26H28N2O5/c1-15-17(25(30)31)10-11-28(15)24(29)22-12-16(22)13-27-26(32)33-14-23-20-8-4-2-6-18(20)19-7-3-5-9-21(19)23/h2-9,15-17,22-23H,10-14H2,1H3,(H,27,32)(H,30,31). The molecule has 1 saturated heterocycles. The molecular formula is C26H28N2O5. The second-order valence-electron chi connectivity index (χ2n) is 9.31. The van der Waals surface area contributed by atoms with E-state index < -0.39 is 18.0 Å². The van der Waals surface area contributed by atoms with Crippen molar-refractivity contribution in [1.29, 1.82) is 0 Å². The van der Waals surface area contributed by atoms with Crippen LogP contribution >= 0.6 is 0 Å². The molecule has 1 saturated carbocycles. The van der Waals surface area contributed by atoms with Gasteiger partial charge >= 0.3 is 12.1 Å². The van der Waals surface area contributed by atoms with Crippen molar-refractivity contribution >= 4 is 18.0 Å². The van der Waals surface area contributed by atoms with Gasteiger partial charge in [0.1, 0.15) is 6.61 Å². The molecule has 0 aromatic heterocycles. The summed E-state index contributed by atoms with van der Waals surface area (Å²) in [4.78, 5) is 38.1. The van der Waals surface area contributed by atoms with Crippen LogP contribution in [-0.2, 0) is 14.3 Å². The first-order valence-corrected chi connectivity index (χ1v) is 11.6. The zero-order valence-corrected chi connectivity index (χ0v) is 18.6. The Bertz CT molecular complexity index is 1050. The van der Waals surface area contributed by atoms with E-state index in [1.807, 2.05) is 24.3 Å². The minimum absolute atomic E-state index is 0.00517. The average Bonchev–Trinajstić information content (AvgIpc) is 3.39. The van der Waals surface area contributed by atoms with Crippen molar-refractivity contribution in [2.75, 3.05) is 19.7 Å². The van der Waals surface area contributed by atoms with Crippen molar-refractivity contribution in [2.24, 2.45) is 17.8 Å². The summed E-state index contributed by atoms with van der Waals surface area (Å²) < 4.78 is 5.56. The zero-order chi connectivity index (χ0) is 23.1. The molecule has 2 aliphatic carbocycles. The fourth-order valence-corrected chi connectivity index (χ4v) is 5.43. The minimum atomic E-state index is -0.845. The Morgan fingerprint density at radius 1 is 1.03 bits per heavy atom. The number of fused-ring (bicyclic) bond motifs is 3. The van der Waals surface area contributed by atoms with Crippen LogP contribution in [-0.4, -0.2) is 53.7 Å². The summed E-state index contributed by atoms with van der Waals surface area (Å²) in [5.41, 5.74) is 4.70. The number of carboxylic acid groups (broad SMARTS) is 1. The summed E-state index contributed by atoms with van der Waals surface area (Å²) in [6.07, 6.45) is 0.733. The number of likely N-dealkylation sites (tertiary alicyclic amines) is 1. The van der Waals surface area contributed by atoms with Crippen molar-refractivity contribution in [1.82, 2.24) is 10.2 Å². The highest BCUT2D eigenvalue weighted by Crippen LogP contribution is 2.44. The summed E-state index contributed by atoms with van der Waals surface area (Å²) in [6, 6.07) is 16.1. The van der Waals surface area contributed by atoms with E-state index in [9.17, 15) is 19.5 Å². The monoisotopic (exact) mass is 448 g/mol. The Morgan fingerprint density at radius 3 is 2.27 bits per heavy atom. The predicted octanol–water partition coefficient (Wildman–Crippen LogP) is 3.48. The van der Waals surface area contributed by atoms with Gasteiger partial charge in [0.15, 0.2) is 0 Å². The lowest BCUT2D eigenvalue weighted by molar-refractivity contribution is -0.143. The largest absolute Gasteiger partial charge is 0.481 e. The number of ether oxygens (including phenoxy) is 1. The van der Waals surface area contributed by atoms with Gasteiger partial charge in [-0.2, -0.15) is 0 Å². The highest BCUT2D eigenvalue weighted by atomic mass is 16.5. The van der Waals surface area contributed by atoms with Gasteiger partial charge in [-0.25, -0.2) is 4.79 Å². The van der Waals surface area contributed by atoms with Crippen molar-refractivity contribution in [2.45, 2.75) is 31.7 Å². The Morgan fingerprint density at radius 2 is 1.67 bits per heavy atom. The molecule has 1 heterocycles. The summed E-state index contributed by atoms with van der Waals surface area (Å²) >= 11 is 0. The van der Waals surface area contributed by atoms with Gasteiger partial charge in [-0.1, -0.05) is 48.5 Å². The first kappa shape index (κ1) is 21.5. The fraction of sp³-hybridized carbons (Fsp3) is 0.423. The smallest absolute Gasteiger partial charge is 0.407 e. The van der Waals surface area contributed by atoms with Gasteiger partial charge in [0.05, 0.1) is 5.92 Å². The molecule has 0 spiro atoms. The molecule has 7 heteroatoms. The Balaban J connectivity index is 1.11. The lowest BCUT2D eigenvalue weighted by Gasteiger charge is -2.23. The molecule has 2 aromatic carbocycles. The molecule has 2 N–H and O–H groups in total. The van der Waals surface area contributed by atoms with E-state index in [2.05, 4.69) is 29.6 Å². The van der Waals surface area contributed by atoms with Crippen LogP contribution in [0.15, 0.2) is 48.5 Å². The third kappa shape index (κ3) is 3.96. The number of hydrogen-bond acceptors (Lipinski definition) is 4. The second-order valence-corrected chi connectivity index (χ2v) is 9.31.